The van der Waals surface area contributed by atoms with E-state index < -0.39 is 0 Å². The fourth-order valence-corrected chi connectivity index (χ4v) is 3.50. The summed E-state index contributed by atoms with van der Waals surface area (Å²) in [7, 11) is 0. The number of hydrogen-bond donors (Lipinski definition) is 2. The number of carbonyl (C=O) groups excluding carboxylic acids is 2. The molecule has 1 aliphatic rings. The third kappa shape index (κ3) is 4.43. The van der Waals surface area contributed by atoms with Crippen LogP contribution in [0.5, 0.6) is 11.5 Å². The van der Waals surface area contributed by atoms with Crippen LogP contribution in [0.15, 0.2) is 73.1 Å². The number of ether oxygens (including phenoxy) is 1. The molecular formula is C24H19ClN4O3. The van der Waals surface area contributed by atoms with Crippen LogP contribution in [0.4, 0.5) is 11.5 Å². The maximum atomic E-state index is 12.5. The Hall–Kier alpha value is -3.84. The van der Waals surface area contributed by atoms with Gasteiger partial charge in [0, 0.05) is 17.7 Å². The normalized spacial score (nSPS) is 13.0. The molecule has 0 atom stereocenters. The Kier molecular flexibility index (Phi) is 5.25. The van der Waals surface area contributed by atoms with Crippen molar-refractivity contribution in [2.24, 2.45) is 5.92 Å². The molecule has 1 saturated carbocycles. The summed E-state index contributed by atoms with van der Waals surface area (Å²) in [6, 6.07) is 17.6. The number of carbonyl (C=O) groups is 2. The molecule has 2 aromatic carbocycles. The van der Waals surface area contributed by atoms with Gasteiger partial charge in [-0.2, -0.15) is 0 Å². The molecule has 4 aromatic rings. The van der Waals surface area contributed by atoms with Gasteiger partial charge in [0.2, 0.25) is 5.91 Å². The van der Waals surface area contributed by atoms with Crippen molar-refractivity contribution in [3.05, 3.63) is 83.6 Å². The Morgan fingerprint density at radius 3 is 2.62 bits per heavy atom. The van der Waals surface area contributed by atoms with Crippen molar-refractivity contribution in [2.45, 2.75) is 12.8 Å². The third-order valence-electron chi connectivity index (χ3n) is 5.07. The summed E-state index contributed by atoms with van der Waals surface area (Å²) in [6.07, 6.45) is 5.41. The average molecular weight is 447 g/mol. The second-order valence-corrected chi connectivity index (χ2v) is 7.99. The minimum Gasteiger partial charge on any atom is -0.456 e. The van der Waals surface area contributed by atoms with Crippen molar-refractivity contribution in [3.63, 3.8) is 0 Å². The number of rotatable bonds is 6. The topological polar surface area (TPSA) is 84.7 Å². The molecule has 1 aliphatic carbocycles. The van der Waals surface area contributed by atoms with Crippen LogP contribution in [-0.2, 0) is 4.79 Å². The monoisotopic (exact) mass is 446 g/mol. The highest BCUT2D eigenvalue weighted by molar-refractivity contribution is 6.34. The number of aromatic nitrogens is 2. The summed E-state index contributed by atoms with van der Waals surface area (Å²) in [5.74, 6) is 1.50. The van der Waals surface area contributed by atoms with E-state index in [1.165, 1.54) is 0 Å². The molecule has 0 aliphatic heterocycles. The molecule has 2 amide bonds. The maximum Gasteiger partial charge on any atom is 0.257 e. The lowest BCUT2D eigenvalue weighted by atomic mass is 10.2. The highest BCUT2D eigenvalue weighted by Crippen LogP contribution is 2.30. The molecule has 0 bridgehead atoms. The number of imidazole rings is 1. The minimum absolute atomic E-state index is 0.0144. The van der Waals surface area contributed by atoms with Crippen molar-refractivity contribution in [1.82, 2.24) is 9.38 Å². The lowest BCUT2D eigenvalue weighted by molar-refractivity contribution is -0.117. The molecule has 2 aromatic heterocycles. The van der Waals surface area contributed by atoms with Gasteiger partial charge in [0.15, 0.2) is 5.82 Å². The fraction of sp³-hybridized carbons (Fsp3) is 0.125. The van der Waals surface area contributed by atoms with Crippen molar-refractivity contribution < 1.29 is 14.3 Å². The summed E-state index contributed by atoms with van der Waals surface area (Å²) in [4.78, 5) is 28.9. The van der Waals surface area contributed by atoms with Crippen molar-refractivity contribution in [1.29, 1.82) is 0 Å². The summed E-state index contributed by atoms with van der Waals surface area (Å²) in [6.45, 7) is 0. The number of anilines is 2. The van der Waals surface area contributed by atoms with Gasteiger partial charge >= 0.3 is 0 Å². The van der Waals surface area contributed by atoms with Gasteiger partial charge in [0.05, 0.1) is 23.0 Å². The highest BCUT2D eigenvalue weighted by atomic mass is 35.5. The van der Waals surface area contributed by atoms with Gasteiger partial charge in [-0.1, -0.05) is 29.8 Å². The molecule has 2 N–H and O–H groups in total. The van der Waals surface area contributed by atoms with Crippen LogP contribution in [0, 0.1) is 5.92 Å². The minimum atomic E-state index is -0.298. The zero-order valence-corrected chi connectivity index (χ0v) is 17.7. The molecule has 32 heavy (non-hydrogen) atoms. The summed E-state index contributed by atoms with van der Waals surface area (Å²) in [5, 5.41) is 6.06. The van der Waals surface area contributed by atoms with Gasteiger partial charge in [0.1, 0.15) is 17.1 Å². The van der Waals surface area contributed by atoms with E-state index in [9.17, 15) is 9.59 Å². The quantitative estimate of drug-likeness (QED) is 0.416. The largest absolute Gasteiger partial charge is 0.456 e. The van der Waals surface area contributed by atoms with E-state index >= 15 is 0 Å². The lowest BCUT2D eigenvalue weighted by Crippen LogP contribution is -2.13. The molecule has 0 saturated heterocycles. The number of benzene rings is 2. The zero-order valence-electron chi connectivity index (χ0n) is 16.9. The second-order valence-electron chi connectivity index (χ2n) is 7.58. The van der Waals surface area contributed by atoms with E-state index in [1.54, 1.807) is 71.4 Å². The van der Waals surface area contributed by atoms with E-state index in [2.05, 4.69) is 15.6 Å². The predicted octanol–water partition coefficient (Wildman–Crippen LogP) is 5.38. The SMILES string of the molecule is O=C(Nc1cccc(Oc2ccc3nc(NC(=O)C4CC4)cn3c2)c1)c1ccccc1Cl. The maximum absolute atomic E-state index is 12.5. The van der Waals surface area contributed by atoms with Gasteiger partial charge in [-0.15, -0.1) is 0 Å². The zero-order chi connectivity index (χ0) is 22.1. The Labute approximate surface area is 189 Å². The first kappa shape index (κ1) is 20.1. The first-order chi connectivity index (χ1) is 15.5. The Morgan fingerprint density at radius 2 is 1.81 bits per heavy atom. The smallest absolute Gasteiger partial charge is 0.257 e. The van der Waals surface area contributed by atoms with Crippen molar-refractivity contribution >= 4 is 40.6 Å². The molecule has 5 rings (SSSR count). The van der Waals surface area contributed by atoms with Gasteiger partial charge in [-0.25, -0.2) is 4.98 Å². The Morgan fingerprint density at radius 1 is 0.969 bits per heavy atom. The van der Waals surface area contributed by atoms with E-state index in [-0.39, 0.29) is 17.7 Å². The second kappa shape index (κ2) is 8.36. The van der Waals surface area contributed by atoms with E-state index in [0.29, 0.717) is 39.2 Å². The van der Waals surface area contributed by atoms with Crippen LogP contribution < -0.4 is 15.4 Å². The standard InChI is InChI=1S/C24H19ClN4O3/c25-20-7-2-1-6-19(20)24(31)26-16-4-3-5-17(12-16)32-18-10-11-22-27-21(14-29(22)13-18)28-23(30)15-8-9-15/h1-7,10-15H,8-9H2,(H,26,31)(H,28,30). The van der Waals surface area contributed by atoms with Crippen molar-refractivity contribution in [3.8, 4) is 11.5 Å². The van der Waals surface area contributed by atoms with Crippen LogP contribution in [0.1, 0.15) is 23.2 Å². The molecular weight excluding hydrogens is 428 g/mol. The van der Waals surface area contributed by atoms with Crippen molar-refractivity contribution in [2.75, 3.05) is 10.6 Å². The molecule has 7 nitrogen and oxygen atoms in total. The number of fused-ring (bicyclic) bond motifs is 1. The summed E-state index contributed by atoms with van der Waals surface area (Å²) >= 11 is 6.10. The lowest BCUT2D eigenvalue weighted by Gasteiger charge is -2.10. The van der Waals surface area contributed by atoms with E-state index in [0.717, 1.165) is 12.8 Å². The molecule has 8 heteroatoms. The molecule has 1 fully saturated rings. The molecule has 2 heterocycles. The number of hydrogen-bond acceptors (Lipinski definition) is 4. The molecule has 0 unspecified atom stereocenters. The number of nitrogens with zero attached hydrogens (tertiary/aromatic N) is 2. The first-order valence-electron chi connectivity index (χ1n) is 10.2. The number of nitrogens with one attached hydrogen (secondary N) is 2. The Balaban J connectivity index is 1.30. The average Bonchev–Trinajstić information content (AvgIpc) is 3.55. The molecule has 0 spiro atoms. The summed E-state index contributed by atoms with van der Waals surface area (Å²) < 4.78 is 7.76. The van der Waals surface area contributed by atoms with Crippen LogP contribution in [-0.4, -0.2) is 21.2 Å². The first-order valence-corrected chi connectivity index (χ1v) is 10.6. The number of amides is 2. The number of pyridine rings is 1. The van der Waals surface area contributed by atoms with E-state index in [4.69, 9.17) is 16.3 Å². The number of halogens is 1. The van der Waals surface area contributed by atoms with Gasteiger partial charge < -0.3 is 19.8 Å². The van der Waals surface area contributed by atoms with E-state index in [1.807, 2.05) is 6.07 Å². The molecule has 160 valence electrons. The predicted molar refractivity (Wildman–Crippen MR) is 122 cm³/mol. The van der Waals surface area contributed by atoms with Crippen LogP contribution >= 0.6 is 11.6 Å². The third-order valence-corrected chi connectivity index (χ3v) is 5.40. The fourth-order valence-electron chi connectivity index (χ4n) is 3.28. The van der Waals surface area contributed by atoms with Crippen LogP contribution in [0.3, 0.4) is 0 Å². The van der Waals surface area contributed by atoms with Gasteiger partial charge in [-0.3, -0.25) is 9.59 Å². The van der Waals surface area contributed by atoms with Gasteiger partial charge in [0.25, 0.3) is 5.91 Å². The Bertz CT molecular complexity index is 1330. The molecule has 0 radical (unpaired) electrons. The van der Waals surface area contributed by atoms with Crippen LogP contribution in [0.2, 0.25) is 5.02 Å². The van der Waals surface area contributed by atoms with Crippen LogP contribution in [0.25, 0.3) is 5.65 Å². The summed E-state index contributed by atoms with van der Waals surface area (Å²) in [5.41, 5.74) is 1.68. The highest BCUT2D eigenvalue weighted by Gasteiger charge is 2.30. The van der Waals surface area contributed by atoms with Gasteiger partial charge in [-0.05, 0) is 49.2 Å².